The van der Waals surface area contributed by atoms with Crippen LogP contribution in [0.2, 0.25) is 0 Å². The van der Waals surface area contributed by atoms with Gasteiger partial charge in [-0.15, -0.1) is 0 Å². The van der Waals surface area contributed by atoms with Crippen molar-refractivity contribution in [3.63, 3.8) is 0 Å². The van der Waals surface area contributed by atoms with Gasteiger partial charge in [-0.05, 0) is 37.0 Å². The van der Waals surface area contributed by atoms with Crippen molar-refractivity contribution in [2.24, 2.45) is 17.8 Å². The third kappa shape index (κ3) is 4.21. The number of hydrogen-bond donors (Lipinski definition) is 1. The van der Waals surface area contributed by atoms with E-state index in [9.17, 15) is 4.79 Å². The highest BCUT2D eigenvalue weighted by Crippen LogP contribution is 2.31. The molecule has 0 aromatic carbocycles. The Morgan fingerprint density at radius 2 is 2.05 bits per heavy atom. The van der Waals surface area contributed by atoms with Gasteiger partial charge < -0.3 is 4.90 Å². The van der Waals surface area contributed by atoms with Crippen LogP contribution in [0.4, 0.5) is 0 Å². The van der Waals surface area contributed by atoms with Gasteiger partial charge in [0.05, 0.1) is 12.2 Å². The molecule has 21 heavy (non-hydrogen) atoms. The lowest BCUT2D eigenvalue weighted by Gasteiger charge is -2.30. The number of rotatable bonds is 6. The minimum absolute atomic E-state index is 0.0341. The van der Waals surface area contributed by atoms with E-state index in [1.54, 1.807) is 0 Å². The molecule has 1 amide bonds. The molecule has 3 heteroatoms. The molecule has 1 saturated carbocycles. The third-order valence-electron chi connectivity index (χ3n) is 5.35. The van der Waals surface area contributed by atoms with Crippen molar-refractivity contribution in [3.05, 3.63) is 0 Å². The van der Waals surface area contributed by atoms with E-state index >= 15 is 0 Å². The standard InChI is InChI=1S/C18H34N2O/c1-5-7-16-19-17(13(2)3)18(21)20(16)11-10-15-9-6-8-14(4)12-15/h13-17,19H,5-12H2,1-4H3. The second-order valence-electron chi connectivity index (χ2n) is 7.65. The topological polar surface area (TPSA) is 32.3 Å². The van der Waals surface area contributed by atoms with Crippen LogP contribution in [-0.4, -0.2) is 29.6 Å². The van der Waals surface area contributed by atoms with Gasteiger partial charge in [0, 0.05) is 6.54 Å². The molecule has 0 aromatic rings. The molecule has 2 rings (SSSR count). The van der Waals surface area contributed by atoms with E-state index < -0.39 is 0 Å². The molecule has 1 aliphatic carbocycles. The highest BCUT2D eigenvalue weighted by molar-refractivity contribution is 5.84. The number of nitrogens with one attached hydrogen (secondary N) is 1. The van der Waals surface area contributed by atoms with Crippen LogP contribution in [0.15, 0.2) is 0 Å². The molecule has 4 atom stereocenters. The lowest BCUT2D eigenvalue weighted by Crippen LogP contribution is -2.38. The van der Waals surface area contributed by atoms with Gasteiger partial charge in [0.25, 0.3) is 0 Å². The van der Waals surface area contributed by atoms with Gasteiger partial charge in [0.15, 0.2) is 0 Å². The fourth-order valence-corrected chi connectivity index (χ4v) is 4.10. The Morgan fingerprint density at radius 3 is 2.67 bits per heavy atom. The first-order chi connectivity index (χ1) is 10.0. The van der Waals surface area contributed by atoms with Crippen molar-refractivity contribution >= 4 is 5.91 Å². The zero-order valence-corrected chi connectivity index (χ0v) is 14.4. The third-order valence-corrected chi connectivity index (χ3v) is 5.35. The molecule has 1 N–H and O–H groups in total. The van der Waals surface area contributed by atoms with E-state index in [0.29, 0.717) is 11.8 Å². The molecular formula is C18H34N2O. The summed E-state index contributed by atoms with van der Waals surface area (Å²) in [6, 6.07) is 0.0341. The second-order valence-corrected chi connectivity index (χ2v) is 7.65. The molecule has 0 aromatic heterocycles. The van der Waals surface area contributed by atoms with E-state index in [1.807, 2.05) is 0 Å². The van der Waals surface area contributed by atoms with Crippen molar-refractivity contribution < 1.29 is 4.79 Å². The van der Waals surface area contributed by atoms with E-state index in [2.05, 4.69) is 37.9 Å². The largest absolute Gasteiger partial charge is 0.326 e. The van der Waals surface area contributed by atoms with E-state index in [4.69, 9.17) is 0 Å². The average molecular weight is 294 g/mol. The first-order valence-electron chi connectivity index (χ1n) is 9.09. The Balaban J connectivity index is 1.90. The fourth-order valence-electron chi connectivity index (χ4n) is 4.10. The Hall–Kier alpha value is -0.570. The normalized spacial score (nSPS) is 34.0. The molecule has 2 aliphatic rings. The lowest BCUT2D eigenvalue weighted by molar-refractivity contribution is -0.131. The molecule has 1 aliphatic heterocycles. The van der Waals surface area contributed by atoms with Crippen LogP contribution in [0.3, 0.4) is 0 Å². The van der Waals surface area contributed by atoms with Gasteiger partial charge in [0.1, 0.15) is 0 Å². The number of hydrogen-bond acceptors (Lipinski definition) is 2. The second kappa shape index (κ2) is 7.62. The van der Waals surface area contributed by atoms with E-state index in [-0.39, 0.29) is 12.2 Å². The summed E-state index contributed by atoms with van der Waals surface area (Å²) in [7, 11) is 0. The van der Waals surface area contributed by atoms with Crippen LogP contribution in [-0.2, 0) is 4.79 Å². The smallest absolute Gasteiger partial charge is 0.241 e. The zero-order chi connectivity index (χ0) is 15.4. The molecule has 1 heterocycles. The van der Waals surface area contributed by atoms with Gasteiger partial charge in [-0.1, -0.05) is 53.4 Å². The molecule has 0 bridgehead atoms. The first kappa shape index (κ1) is 16.8. The van der Waals surface area contributed by atoms with Crippen LogP contribution < -0.4 is 5.32 Å². The number of nitrogens with zero attached hydrogens (tertiary/aromatic N) is 1. The predicted molar refractivity (Wildman–Crippen MR) is 87.9 cm³/mol. The number of carbonyl (C=O) groups excluding carboxylic acids is 1. The molecular weight excluding hydrogens is 260 g/mol. The summed E-state index contributed by atoms with van der Waals surface area (Å²) >= 11 is 0. The molecule has 0 radical (unpaired) electrons. The average Bonchev–Trinajstić information content (AvgIpc) is 2.74. The number of amides is 1. The quantitative estimate of drug-likeness (QED) is 0.808. The molecule has 3 nitrogen and oxygen atoms in total. The van der Waals surface area contributed by atoms with Crippen molar-refractivity contribution in [1.29, 1.82) is 0 Å². The molecule has 122 valence electrons. The Labute approximate surface area is 130 Å². The summed E-state index contributed by atoms with van der Waals surface area (Å²) in [5, 5.41) is 3.56. The van der Waals surface area contributed by atoms with Crippen molar-refractivity contribution in [1.82, 2.24) is 10.2 Å². The van der Waals surface area contributed by atoms with Crippen LogP contribution in [0.1, 0.15) is 72.6 Å². The zero-order valence-electron chi connectivity index (χ0n) is 14.4. The van der Waals surface area contributed by atoms with Gasteiger partial charge >= 0.3 is 0 Å². The molecule has 2 fully saturated rings. The Morgan fingerprint density at radius 1 is 1.29 bits per heavy atom. The Bertz CT molecular complexity index is 342. The monoisotopic (exact) mass is 294 g/mol. The molecule has 4 unspecified atom stereocenters. The van der Waals surface area contributed by atoms with Crippen LogP contribution in [0.25, 0.3) is 0 Å². The van der Waals surface area contributed by atoms with E-state index in [1.165, 1.54) is 32.1 Å². The summed E-state index contributed by atoms with van der Waals surface area (Å²) in [4.78, 5) is 14.8. The molecule has 0 spiro atoms. The summed E-state index contributed by atoms with van der Waals surface area (Å²) in [5.74, 6) is 2.44. The molecule has 1 saturated heterocycles. The SMILES string of the molecule is CCCC1NC(C(C)C)C(=O)N1CCC1CCCC(C)C1. The minimum Gasteiger partial charge on any atom is -0.326 e. The van der Waals surface area contributed by atoms with Crippen molar-refractivity contribution in [2.75, 3.05) is 6.54 Å². The highest BCUT2D eigenvalue weighted by atomic mass is 16.2. The van der Waals surface area contributed by atoms with Gasteiger partial charge in [-0.2, -0.15) is 0 Å². The summed E-state index contributed by atoms with van der Waals surface area (Å²) in [6.45, 7) is 9.83. The summed E-state index contributed by atoms with van der Waals surface area (Å²) in [6.07, 6.45) is 9.19. The maximum atomic E-state index is 12.6. The van der Waals surface area contributed by atoms with Crippen molar-refractivity contribution in [3.8, 4) is 0 Å². The summed E-state index contributed by atoms with van der Waals surface area (Å²) < 4.78 is 0. The first-order valence-corrected chi connectivity index (χ1v) is 9.09. The van der Waals surface area contributed by atoms with Crippen LogP contribution in [0, 0.1) is 17.8 Å². The van der Waals surface area contributed by atoms with Gasteiger partial charge in [0.2, 0.25) is 5.91 Å². The maximum absolute atomic E-state index is 12.6. The van der Waals surface area contributed by atoms with E-state index in [0.717, 1.165) is 31.2 Å². The predicted octanol–water partition coefficient (Wildman–Crippen LogP) is 3.79. The highest BCUT2D eigenvalue weighted by Gasteiger charge is 2.39. The van der Waals surface area contributed by atoms with Crippen molar-refractivity contribution in [2.45, 2.75) is 84.8 Å². The van der Waals surface area contributed by atoms with Gasteiger partial charge in [-0.3, -0.25) is 10.1 Å². The minimum atomic E-state index is 0.0341. The maximum Gasteiger partial charge on any atom is 0.241 e. The lowest BCUT2D eigenvalue weighted by atomic mass is 9.81. The Kier molecular flexibility index (Phi) is 6.09. The summed E-state index contributed by atoms with van der Waals surface area (Å²) in [5.41, 5.74) is 0. The van der Waals surface area contributed by atoms with Crippen LogP contribution in [0.5, 0.6) is 0 Å². The fraction of sp³-hybridized carbons (Fsp3) is 0.944. The van der Waals surface area contributed by atoms with Gasteiger partial charge in [-0.25, -0.2) is 0 Å². The van der Waals surface area contributed by atoms with Crippen LogP contribution >= 0.6 is 0 Å². The number of carbonyl (C=O) groups is 1.